The van der Waals surface area contributed by atoms with Gasteiger partial charge >= 0.3 is 0 Å². The van der Waals surface area contributed by atoms with Gasteiger partial charge in [0.1, 0.15) is 0 Å². The van der Waals surface area contributed by atoms with Gasteiger partial charge in [-0.2, -0.15) is 0 Å². The minimum absolute atomic E-state index is 0.337. The maximum Gasteiger partial charge on any atom is 0.0897 e. The van der Waals surface area contributed by atoms with Gasteiger partial charge in [-0.15, -0.1) is 0 Å². The molecule has 0 spiro atoms. The number of aliphatic hydroxyl groups is 1. The molecule has 20 heavy (non-hydrogen) atoms. The first-order valence-corrected chi connectivity index (χ1v) is 8.83. The third-order valence-electron chi connectivity index (χ3n) is 5.29. The predicted octanol–water partition coefficient (Wildman–Crippen LogP) is 2.72. The van der Waals surface area contributed by atoms with Crippen molar-refractivity contribution in [3.63, 3.8) is 0 Å². The minimum atomic E-state index is -0.337. The molecule has 3 heteroatoms. The fourth-order valence-electron chi connectivity index (χ4n) is 3.72. The molecule has 0 aromatic carbocycles. The summed E-state index contributed by atoms with van der Waals surface area (Å²) in [7, 11) is 0. The van der Waals surface area contributed by atoms with Crippen LogP contribution in [0.25, 0.3) is 0 Å². The number of hydrogen-bond donors (Lipinski definition) is 2. The maximum atomic E-state index is 10.0. The third kappa shape index (κ3) is 4.71. The first kappa shape index (κ1) is 14.8. The summed E-state index contributed by atoms with van der Waals surface area (Å²) in [5.41, 5.74) is 0. The van der Waals surface area contributed by atoms with Crippen LogP contribution in [0.4, 0.5) is 0 Å². The van der Waals surface area contributed by atoms with Crippen LogP contribution >= 0.6 is 0 Å². The van der Waals surface area contributed by atoms with Gasteiger partial charge in [-0.3, -0.25) is 0 Å². The molecule has 3 aliphatic carbocycles. The second-order valence-electron chi connectivity index (χ2n) is 7.24. The van der Waals surface area contributed by atoms with E-state index in [4.69, 9.17) is 4.74 Å². The van der Waals surface area contributed by atoms with Gasteiger partial charge < -0.3 is 15.2 Å². The Morgan fingerprint density at radius 2 is 1.55 bits per heavy atom. The van der Waals surface area contributed by atoms with Crippen molar-refractivity contribution in [1.29, 1.82) is 0 Å². The fourth-order valence-corrected chi connectivity index (χ4v) is 3.72. The Morgan fingerprint density at radius 3 is 2.15 bits per heavy atom. The largest absolute Gasteiger partial charge is 0.389 e. The molecule has 2 N–H and O–H groups in total. The summed E-state index contributed by atoms with van der Waals surface area (Å²) in [5, 5.41) is 13.5. The molecule has 3 nitrogen and oxygen atoms in total. The van der Waals surface area contributed by atoms with Crippen molar-refractivity contribution >= 4 is 0 Å². The molecule has 0 bridgehead atoms. The first-order chi connectivity index (χ1) is 9.83. The van der Waals surface area contributed by atoms with Gasteiger partial charge in [0.2, 0.25) is 0 Å². The van der Waals surface area contributed by atoms with Gasteiger partial charge in [0, 0.05) is 6.54 Å². The lowest BCUT2D eigenvalue weighted by molar-refractivity contribution is -0.0232. The molecule has 0 aromatic rings. The van der Waals surface area contributed by atoms with E-state index in [1.54, 1.807) is 0 Å². The van der Waals surface area contributed by atoms with Crippen LogP contribution in [0.1, 0.15) is 57.8 Å². The molecule has 0 saturated heterocycles. The second kappa shape index (κ2) is 7.24. The monoisotopic (exact) mass is 281 g/mol. The molecule has 0 aliphatic heterocycles. The van der Waals surface area contributed by atoms with Gasteiger partial charge in [0.25, 0.3) is 0 Å². The standard InChI is InChI=1S/C17H31NO2/c19-15(12-20-16-4-2-1-3-5-16)10-18-11-17(13-6-7-13)14-8-9-14/h13-19H,1-12H2. The van der Waals surface area contributed by atoms with E-state index in [1.165, 1.54) is 57.8 Å². The summed E-state index contributed by atoms with van der Waals surface area (Å²) in [6, 6.07) is 0. The Labute approximate surface area is 123 Å². The molecular weight excluding hydrogens is 250 g/mol. The number of rotatable bonds is 9. The SMILES string of the molecule is OC(CNCC(C1CC1)C1CC1)COC1CCCCC1. The van der Waals surface area contributed by atoms with Crippen LogP contribution in [0.5, 0.6) is 0 Å². The van der Waals surface area contributed by atoms with E-state index >= 15 is 0 Å². The van der Waals surface area contributed by atoms with Crippen LogP contribution in [0.2, 0.25) is 0 Å². The summed E-state index contributed by atoms with van der Waals surface area (Å²) in [4.78, 5) is 0. The molecule has 1 atom stereocenters. The Bertz CT molecular complexity index is 271. The van der Waals surface area contributed by atoms with Crippen molar-refractivity contribution in [2.75, 3.05) is 19.7 Å². The van der Waals surface area contributed by atoms with E-state index in [2.05, 4.69) is 5.32 Å². The van der Waals surface area contributed by atoms with Crippen LogP contribution < -0.4 is 5.32 Å². The predicted molar refractivity (Wildman–Crippen MR) is 80.6 cm³/mol. The highest BCUT2D eigenvalue weighted by molar-refractivity contribution is 4.92. The van der Waals surface area contributed by atoms with Gasteiger partial charge in [-0.05, 0) is 62.8 Å². The zero-order chi connectivity index (χ0) is 13.8. The maximum absolute atomic E-state index is 10.0. The Morgan fingerprint density at radius 1 is 0.900 bits per heavy atom. The van der Waals surface area contributed by atoms with Crippen molar-refractivity contribution in [2.24, 2.45) is 17.8 Å². The molecule has 116 valence electrons. The summed E-state index contributed by atoms with van der Waals surface area (Å²) in [5.74, 6) is 2.87. The van der Waals surface area contributed by atoms with Gasteiger partial charge in [0.05, 0.1) is 18.8 Å². The van der Waals surface area contributed by atoms with Crippen LogP contribution in [0.15, 0.2) is 0 Å². The minimum Gasteiger partial charge on any atom is -0.389 e. The van der Waals surface area contributed by atoms with Crippen LogP contribution in [-0.4, -0.2) is 37.0 Å². The smallest absolute Gasteiger partial charge is 0.0897 e. The van der Waals surface area contributed by atoms with Crippen molar-refractivity contribution in [1.82, 2.24) is 5.32 Å². The molecule has 3 aliphatic rings. The molecule has 3 fully saturated rings. The number of nitrogens with one attached hydrogen (secondary N) is 1. The fraction of sp³-hybridized carbons (Fsp3) is 1.00. The zero-order valence-electron chi connectivity index (χ0n) is 12.7. The Kier molecular flexibility index (Phi) is 5.36. The van der Waals surface area contributed by atoms with Gasteiger partial charge in [-0.1, -0.05) is 19.3 Å². The topological polar surface area (TPSA) is 41.5 Å². The lowest BCUT2D eigenvalue weighted by Crippen LogP contribution is -2.35. The molecule has 3 saturated carbocycles. The molecule has 3 rings (SSSR count). The normalized spacial score (nSPS) is 26.1. The van der Waals surface area contributed by atoms with Crippen molar-refractivity contribution in [3.05, 3.63) is 0 Å². The van der Waals surface area contributed by atoms with E-state index in [1.807, 2.05) is 0 Å². The van der Waals surface area contributed by atoms with Crippen molar-refractivity contribution in [3.8, 4) is 0 Å². The van der Waals surface area contributed by atoms with E-state index in [0.29, 0.717) is 19.3 Å². The lowest BCUT2D eigenvalue weighted by atomic mass is 9.98. The Hall–Kier alpha value is -0.120. The Balaban J connectivity index is 1.25. The number of ether oxygens (including phenoxy) is 1. The zero-order valence-corrected chi connectivity index (χ0v) is 12.7. The van der Waals surface area contributed by atoms with Crippen LogP contribution in [0, 0.1) is 17.8 Å². The van der Waals surface area contributed by atoms with Crippen LogP contribution in [-0.2, 0) is 4.74 Å². The molecule has 0 amide bonds. The average molecular weight is 281 g/mol. The summed E-state index contributed by atoms with van der Waals surface area (Å²) in [6.45, 7) is 2.31. The average Bonchev–Trinajstić information content (AvgIpc) is 3.36. The highest BCUT2D eigenvalue weighted by atomic mass is 16.5. The molecule has 0 radical (unpaired) electrons. The van der Waals surface area contributed by atoms with E-state index < -0.39 is 0 Å². The first-order valence-electron chi connectivity index (χ1n) is 8.83. The highest BCUT2D eigenvalue weighted by Crippen LogP contribution is 2.48. The lowest BCUT2D eigenvalue weighted by Gasteiger charge is -2.24. The van der Waals surface area contributed by atoms with Crippen LogP contribution in [0.3, 0.4) is 0 Å². The van der Waals surface area contributed by atoms with E-state index in [9.17, 15) is 5.11 Å². The van der Waals surface area contributed by atoms with E-state index in [0.717, 1.165) is 24.3 Å². The molecule has 0 aromatic heterocycles. The van der Waals surface area contributed by atoms with Crippen molar-refractivity contribution < 1.29 is 9.84 Å². The highest BCUT2D eigenvalue weighted by Gasteiger charge is 2.40. The van der Waals surface area contributed by atoms with E-state index in [-0.39, 0.29) is 6.10 Å². The summed E-state index contributed by atoms with van der Waals surface area (Å²) in [6.07, 6.45) is 12.1. The molecular formula is C17H31NO2. The third-order valence-corrected chi connectivity index (χ3v) is 5.29. The number of aliphatic hydroxyl groups excluding tert-OH is 1. The second-order valence-corrected chi connectivity index (χ2v) is 7.24. The summed E-state index contributed by atoms with van der Waals surface area (Å²) < 4.78 is 5.83. The van der Waals surface area contributed by atoms with Gasteiger partial charge in [0.15, 0.2) is 0 Å². The molecule has 1 unspecified atom stereocenters. The summed E-state index contributed by atoms with van der Waals surface area (Å²) >= 11 is 0. The van der Waals surface area contributed by atoms with Crippen molar-refractivity contribution in [2.45, 2.75) is 70.0 Å². The quantitative estimate of drug-likeness (QED) is 0.683. The van der Waals surface area contributed by atoms with Gasteiger partial charge in [-0.25, -0.2) is 0 Å². The number of hydrogen-bond acceptors (Lipinski definition) is 3. The molecule has 0 heterocycles.